The van der Waals surface area contributed by atoms with Gasteiger partial charge < -0.3 is 24.2 Å². The maximum absolute atomic E-state index is 12.2. The lowest BCUT2D eigenvalue weighted by molar-refractivity contribution is -0.121. The molecule has 2 aromatic heterocycles. The predicted octanol–water partition coefficient (Wildman–Crippen LogP) is 3.12. The third-order valence-electron chi connectivity index (χ3n) is 5.03. The van der Waals surface area contributed by atoms with E-state index < -0.39 is 0 Å². The molecule has 2 N–H and O–H groups in total. The first-order valence-corrected chi connectivity index (χ1v) is 9.76. The molecular weight excluding hydrogens is 384 g/mol. The second-order valence-electron chi connectivity index (χ2n) is 7.09. The number of carbonyl (C=O) groups is 1. The van der Waals surface area contributed by atoms with Gasteiger partial charge >= 0.3 is 0 Å². The van der Waals surface area contributed by atoms with Gasteiger partial charge in [-0.3, -0.25) is 4.79 Å². The van der Waals surface area contributed by atoms with Crippen molar-refractivity contribution in [1.29, 1.82) is 0 Å². The van der Waals surface area contributed by atoms with E-state index in [0.717, 1.165) is 33.5 Å². The zero-order valence-corrected chi connectivity index (χ0v) is 16.2. The third-order valence-corrected chi connectivity index (χ3v) is 5.03. The summed E-state index contributed by atoms with van der Waals surface area (Å²) >= 11 is 0. The molecule has 0 unspecified atom stereocenters. The Labute approximate surface area is 172 Å². The number of fused-ring (bicyclic) bond motifs is 2. The minimum absolute atomic E-state index is 0.0574. The Kier molecular flexibility index (Phi) is 4.80. The molecule has 1 amide bonds. The molecule has 0 aliphatic carbocycles. The van der Waals surface area contributed by atoms with Crippen LogP contribution in [0.15, 0.2) is 53.1 Å². The monoisotopic (exact) mass is 404 g/mol. The van der Waals surface area contributed by atoms with Crippen molar-refractivity contribution in [3.63, 3.8) is 0 Å². The van der Waals surface area contributed by atoms with Gasteiger partial charge in [-0.1, -0.05) is 18.2 Å². The first kappa shape index (κ1) is 18.2. The molecule has 0 bridgehead atoms. The van der Waals surface area contributed by atoms with E-state index in [2.05, 4.69) is 20.5 Å². The van der Waals surface area contributed by atoms with Gasteiger partial charge in [0.05, 0.1) is 6.42 Å². The normalized spacial score (nSPS) is 12.4. The zero-order valence-electron chi connectivity index (χ0n) is 16.2. The summed E-state index contributed by atoms with van der Waals surface area (Å²) in [5, 5.41) is 12.2. The Bertz CT molecular complexity index is 1200. The van der Waals surface area contributed by atoms with E-state index in [9.17, 15) is 4.79 Å². The second-order valence-corrected chi connectivity index (χ2v) is 7.09. The average Bonchev–Trinajstić information content (AvgIpc) is 3.50. The molecule has 0 radical (unpaired) electrons. The molecule has 30 heavy (non-hydrogen) atoms. The summed E-state index contributed by atoms with van der Waals surface area (Å²) < 4.78 is 16.4. The number of amides is 1. The quantitative estimate of drug-likeness (QED) is 0.491. The fourth-order valence-corrected chi connectivity index (χ4v) is 3.49. The van der Waals surface area contributed by atoms with Gasteiger partial charge in [-0.2, -0.15) is 0 Å². The SMILES string of the molecule is O=C(CCc1nnc(Cc2ccc3c(c2)OCO3)o1)NCc1cccc2[nH]ccc12. The molecule has 152 valence electrons. The van der Waals surface area contributed by atoms with E-state index in [4.69, 9.17) is 13.9 Å². The van der Waals surface area contributed by atoms with Gasteiger partial charge in [0.1, 0.15) is 0 Å². The number of nitrogens with one attached hydrogen (secondary N) is 2. The first-order valence-electron chi connectivity index (χ1n) is 9.76. The summed E-state index contributed by atoms with van der Waals surface area (Å²) in [5.41, 5.74) is 3.12. The van der Waals surface area contributed by atoms with E-state index in [0.29, 0.717) is 31.2 Å². The van der Waals surface area contributed by atoms with Crippen molar-refractivity contribution >= 4 is 16.8 Å². The van der Waals surface area contributed by atoms with Crippen molar-refractivity contribution in [3.8, 4) is 11.5 Å². The fourth-order valence-electron chi connectivity index (χ4n) is 3.49. The lowest BCUT2D eigenvalue weighted by Crippen LogP contribution is -2.23. The fraction of sp³-hybridized carbons (Fsp3) is 0.227. The van der Waals surface area contributed by atoms with Crippen LogP contribution in [0.3, 0.4) is 0 Å². The molecule has 1 aliphatic heterocycles. The Hall–Kier alpha value is -3.81. The van der Waals surface area contributed by atoms with Crippen LogP contribution in [0.1, 0.15) is 29.3 Å². The lowest BCUT2D eigenvalue weighted by atomic mass is 10.1. The number of aromatic amines is 1. The van der Waals surface area contributed by atoms with Crippen molar-refractivity contribution in [2.24, 2.45) is 0 Å². The van der Waals surface area contributed by atoms with Gasteiger partial charge in [0.25, 0.3) is 0 Å². The number of ether oxygens (including phenoxy) is 2. The van der Waals surface area contributed by atoms with Gasteiger partial charge in [0, 0.05) is 36.5 Å². The van der Waals surface area contributed by atoms with Crippen LogP contribution in [-0.2, 0) is 24.2 Å². The topological polar surface area (TPSA) is 102 Å². The molecule has 0 spiro atoms. The number of rotatable bonds is 7. The van der Waals surface area contributed by atoms with Crippen molar-refractivity contribution in [2.75, 3.05) is 6.79 Å². The lowest BCUT2D eigenvalue weighted by Gasteiger charge is -2.06. The maximum atomic E-state index is 12.2. The molecule has 5 rings (SSSR count). The number of H-pyrrole nitrogens is 1. The largest absolute Gasteiger partial charge is 0.454 e. The molecular formula is C22H20N4O4. The molecule has 0 atom stereocenters. The number of aromatic nitrogens is 3. The molecule has 8 heteroatoms. The van der Waals surface area contributed by atoms with E-state index in [-0.39, 0.29) is 19.1 Å². The van der Waals surface area contributed by atoms with E-state index in [1.54, 1.807) is 0 Å². The van der Waals surface area contributed by atoms with Crippen LogP contribution < -0.4 is 14.8 Å². The molecule has 1 aliphatic rings. The number of carbonyl (C=O) groups excluding carboxylic acids is 1. The predicted molar refractivity (Wildman–Crippen MR) is 108 cm³/mol. The van der Waals surface area contributed by atoms with Crippen molar-refractivity contribution in [1.82, 2.24) is 20.5 Å². The van der Waals surface area contributed by atoms with Gasteiger partial charge in [-0.25, -0.2) is 0 Å². The van der Waals surface area contributed by atoms with Gasteiger partial charge in [0.2, 0.25) is 24.5 Å². The average molecular weight is 404 g/mol. The van der Waals surface area contributed by atoms with Crippen LogP contribution in [0.2, 0.25) is 0 Å². The summed E-state index contributed by atoms with van der Waals surface area (Å²) in [5.74, 6) is 2.36. The first-order chi connectivity index (χ1) is 14.7. The van der Waals surface area contributed by atoms with E-state index in [1.165, 1.54) is 0 Å². The highest BCUT2D eigenvalue weighted by Crippen LogP contribution is 2.33. The summed E-state index contributed by atoms with van der Waals surface area (Å²) in [7, 11) is 0. The minimum Gasteiger partial charge on any atom is -0.454 e. The van der Waals surface area contributed by atoms with Crippen LogP contribution >= 0.6 is 0 Å². The van der Waals surface area contributed by atoms with Gasteiger partial charge in [0.15, 0.2) is 11.5 Å². The van der Waals surface area contributed by atoms with Crippen molar-refractivity contribution in [3.05, 3.63) is 71.6 Å². The highest BCUT2D eigenvalue weighted by atomic mass is 16.7. The van der Waals surface area contributed by atoms with E-state index in [1.807, 2.05) is 48.7 Å². The Morgan fingerprint density at radius 1 is 1.07 bits per heavy atom. The molecule has 4 aromatic rings. The van der Waals surface area contributed by atoms with Crippen LogP contribution in [-0.4, -0.2) is 27.9 Å². The number of benzene rings is 2. The Morgan fingerprint density at radius 2 is 1.97 bits per heavy atom. The number of hydrogen-bond acceptors (Lipinski definition) is 6. The summed E-state index contributed by atoms with van der Waals surface area (Å²) in [6.45, 7) is 0.721. The molecule has 0 fully saturated rings. The smallest absolute Gasteiger partial charge is 0.231 e. The minimum atomic E-state index is -0.0574. The Morgan fingerprint density at radius 3 is 2.93 bits per heavy atom. The standard InChI is InChI=1S/C22H20N4O4/c27-20(24-12-15-2-1-3-17-16(15)8-9-23-17)6-7-21-25-26-22(30-21)11-14-4-5-18-19(10-14)29-13-28-18/h1-5,8-10,23H,6-7,11-13H2,(H,24,27). The number of nitrogens with zero attached hydrogens (tertiary/aromatic N) is 2. The van der Waals surface area contributed by atoms with Crippen LogP contribution in [0.25, 0.3) is 10.9 Å². The summed E-state index contributed by atoms with van der Waals surface area (Å²) in [4.78, 5) is 15.4. The van der Waals surface area contributed by atoms with E-state index >= 15 is 0 Å². The van der Waals surface area contributed by atoms with Gasteiger partial charge in [-0.15, -0.1) is 10.2 Å². The maximum Gasteiger partial charge on any atom is 0.231 e. The second kappa shape index (κ2) is 7.90. The van der Waals surface area contributed by atoms with Crippen LogP contribution in [0.5, 0.6) is 11.5 Å². The highest BCUT2D eigenvalue weighted by Gasteiger charge is 2.15. The molecule has 8 nitrogen and oxygen atoms in total. The number of aryl methyl sites for hydroxylation is 1. The summed E-state index contributed by atoms with van der Waals surface area (Å²) in [6.07, 6.45) is 3.08. The van der Waals surface area contributed by atoms with Crippen LogP contribution in [0, 0.1) is 0 Å². The zero-order chi connectivity index (χ0) is 20.3. The highest BCUT2D eigenvalue weighted by molar-refractivity contribution is 5.83. The van der Waals surface area contributed by atoms with Crippen LogP contribution in [0.4, 0.5) is 0 Å². The van der Waals surface area contributed by atoms with Gasteiger partial charge in [-0.05, 0) is 35.4 Å². The third kappa shape index (κ3) is 3.84. The summed E-state index contributed by atoms with van der Waals surface area (Å²) in [6, 6.07) is 13.7. The molecule has 3 heterocycles. The van der Waals surface area contributed by atoms with Crippen molar-refractivity contribution < 1.29 is 18.7 Å². The van der Waals surface area contributed by atoms with Crippen molar-refractivity contribution in [2.45, 2.75) is 25.8 Å². The molecule has 0 saturated heterocycles. The molecule has 0 saturated carbocycles. The molecule has 2 aromatic carbocycles. The Balaban J connectivity index is 1.13. The number of hydrogen-bond donors (Lipinski definition) is 2.